The van der Waals surface area contributed by atoms with Crippen LogP contribution < -0.4 is 0 Å². The number of fused-ring (bicyclic) bond motifs is 1. The second kappa shape index (κ2) is 3.52. The molecule has 0 bridgehead atoms. The fraction of sp³-hybridized carbons (Fsp3) is 0.231. The van der Waals surface area contributed by atoms with Crippen LogP contribution in [0.1, 0.15) is 22.5 Å². The number of Topliss-reactive ketones (excluding diaryl/α,β-unsaturated/α-hetero) is 1. The fourth-order valence-electron chi connectivity index (χ4n) is 2.31. The molecule has 3 rings (SSSR count). The summed E-state index contributed by atoms with van der Waals surface area (Å²) in [5.41, 5.74) is 3.15. The van der Waals surface area contributed by atoms with Gasteiger partial charge >= 0.3 is 0 Å². The molecule has 1 aromatic heterocycles. The number of hydrogen-bond donors (Lipinski definition) is 0. The molecule has 3 nitrogen and oxygen atoms in total. The van der Waals surface area contributed by atoms with Crippen molar-refractivity contribution in [1.29, 1.82) is 0 Å². The summed E-state index contributed by atoms with van der Waals surface area (Å²) in [4.78, 5) is 11.8. The number of hydrogen-bond acceptors (Lipinski definition) is 2. The van der Waals surface area contributed by atoms with E-state index in [0.717, 1.165) is 17.7 Å². The number of aryl methyl sites for hydroxylation is 1. The Morgan fingerprint density at radius 1 is 1.24 bits per heavy atom. The van der Waals surface area contributed by atoms with E-state index in [9.17, 15) is 9.18 Å². The largest absolute Gasteiger partial charge is 0.294 e. The number of carbonyl (C=O) groups is 1. The third kappa shape index (κ3) is 1.48. The van der Waals surface area contributed by atoms with Crippen LogP contribution in [0.3, 0.4) is 0 Å². The first-order chi connectivity index (χ1) is 8.16. The minimum atomic E-state index is -0.285. The van der Waals surface area contributed by atoms with Gasteiger partial charge < -0.3 is 0 Å². The molecule has 0 radical (unpaired) electrons. The first kappa shape index (κ1) is 10.2. The van der Waals surface area contributed by atoms with Crippen LogP contribution in [0.4, 0.5) is 4.39 Å². The van der Waals surface area contributed by atoms with Crippen LogP contribution in [-0.2, 0) is 13.5 Å². The molecule has 0 saturated heterocycles. The van der Waals surface area contributed by atoms with Crippen LogP contribution in [0.15, 0.2) is 24.3 Å². The van der Waals surface area contributed by atoms with Crippen molar-refractivity contribution >= 4 is 5.78 Å². The minimum Gasteiger partial charge on any atom is -0.294 e. The van der Waals surface area contributed by atoms with E-state index >= 15 is 0 Å². The molecule has 1 heterocycles. The Balaban J connectivity index is 2.19. The van der Waals surface area contributed by atoms with Gasteiger partial charge in [0.1, 0.15) is 11.5 Å². The standard InChI is InChI=1S/C13H11FN2O/c1-16-10-6-7-11(17)12(10)13(15-16)8-2-4-9(14)5-3-8/h2-5H,6-7H2,1H3. The molecule has 4 heteroatoms. The zero-order valence-electron chi connectivity index (χ0n) is 9.40. The molecule has 1 aromatic carbocycles. The normalized spacial score (nSPS) is 14.1. The van der Waals surface area contributed by atoms with Crippen LogP contribution >= 0.6 is 0 Å². The third-order valence-corrected chi connectivity index (χ3v) is 3.15. The summed E-state index contributed by atoms with van der Waals surface area (Å²) in [6, 6.07) is 6.08. The van der Waals surface area contributed by atoms with Gasteiger partial charge in [-0.3, -0.25) is 9.48 Å². The van der Waals surface area contributed by atoms with Crippen molar-refractivity contribution in [3.05, 3.63) is 41.3 Å². The highest BCUT2D eigenvalue weighted by molar-refractivity contribution is 6.05. The molecule has 0 aliphatic heterocycles. The smallest absolute Gasteiger partial charge is 0.167 e. The van der Waals surface area contributed by atoms with Gasteiger partial charge in [0.15, 0.2) is 5.78 Å². The van der Waals surface area contributed by atoms with Gasteiger partial charge in [-0.15, -0.1) is 0 Å². The molecule has 0 spiro atoms. The third-order valence-electron chi connectivity index (χ3n) is 3.15. The first-order valence-corrected chi connectivity index (χ1v) is 5.52. The van der Waals surface area contributed by atoms with Crippen LogP contribution in [-0.4, -0.2) is 15.6 Å². The number of carbonyl (C=O) groups excluding carboxylic acids is 1. The van der Waals surface area contributed by atoms with Crippen molar-refractivity contribution in [3.63, 3.8) is 0 Å². The molecule has 1 aliphatic rings. The van der Waals surface area contributed by atoms with Gasteiger partial charge in [-0.25, -0.2) is 4.39 Å². The van der Waals surface area contributed by atoms with E-state index in [2.05, 4.69) is 5.10 Å². The van der Waals surface area contributed by atoms with Gasteiger partial charge in [0, 0.05) is 24.7 Å². The molecule has 0 N–H and O–H groups in total. The van der Waals surface area contributed by atoms with E-state index in [1.165, 1.54) is 12.1 Å². The van der Waals surface area contributed by atoms with Crippen LogP contribution in [0.5, 0.6) is 0 Å². The van der Waals surface area contributed by atoms with Crippen LogP contribution in [0.2, 0.25) is 0 Å². The Morgan fingerprint density at radius 3 is 2.65 bits per heavy atom. The number of ketones is 1. The number of nitrogens with zero attached hydrogens (tertiary/aromatic N) is 2. The average molecular weight is 230 g/mol. The van der Waals surface area contributed by atoms with Crippen LogP contribution in [0.25, 0.3) is 11.3 Å². The van der Waals surface area contributed by atoms with Gasteiger partial charge in [0.2, 0.25) is 0 Å². The molecular formula is C13H11FN2O. The van der Waals surface area contributed by atoms with Gasteiger partial charge in [-0.1, -0.05) is 0 Å². The predicted molar refractivity (Wildman–Crippen MR) is 61.3 cm³/mol. The average Bonchev–Trinajstić information content (AvgIpc) is 2.83. The summed E-state index contributed by atoms with van der Waals surface area (Å²) in [6.07, 6.45) is 1.30. The van der Waals surface area contributed by atoms with E-state index in [-0.39, 0.29) is 11.6 Å². The Bertz CT molecular complexity index is 599. The SMILES string of the molecule is Cn1nc(-c2ccc(F)cc2)c2c1CCC2=O. The van der Waals surface area contributed by atoms with Gasteiger partial charge in [0.25, 0.3) is 0 Å². The lowest BCUT2D eigenvalue weighted by Crippen LogP contribution is -1.96. The van der Waals surface area contributed by atoms with Crippen molar-refractivity contribution < 1.29 is 9.18 Å². The summed E-state index contributed by atoms with van der Waals surface area (Å²) in [6.45, 7) is 0. The van der Waals surface area contributed by atoms with Gasteiger partial charge in [-0.2, -0.15) is 5.10 Å². The van der Waals surface area contributed by atoms with E-state index in [1.807, 2.05) is 7.05 Å². The Labute approximate surface area is 97.9 Å². The number of rotatable bonds is 1. The lowest BCUT2D eigenvalue weighted by atomic mass is 10.1. The molecule has 0 unspecified atom stereocenters. The van der Waals surface area contributed by atoms with Crippen molar-refractivity contribution in [1.82, 2.24) is 9.78 Å². The summed E-state index contributed by atoms with van der Waals surface area (Å²) in [7, 11) is 1.84. The highest BCUT2D eigenvalue weighted by Crippen LogP contribution is 2.31. The van der Waals surface area contributed by atoms with E-state index in [1.54, 1.807) is 16.8 Å². The quantitative estimate of drug-likeness (QED) is 0.753. The van der Waals surface area contributed by atoms with Crippen molar-refractivity contribution in [2.75, 3.05) is 0 Å². The molecule has 86 valence electrons. The van der Waals surface area contributed by atoms with E-state index in [4.69, 9.17) is 0 Å². The van der Waals surface area contributed by atoms with E-state index < -0.39 is 0 Å². The summed E-state index contributed by atoms with van der Waals surface area (Å²) in [5.74, 6) is -0.153. The predicted octanol–water partition coefficient (Wildman–Crippen LogP) is 2.36. The monoisotopic (exact) mass is 230 g/mol. The Hall–Kier alpha value is -1.97. The first-order valence-electron chi connectivity index (χ1n) is 5.52. The minimum absolute atomic E-state index is 0.132. The molecular weight excluding hydrogens is 219 g/mol. The van der Waals surface area contributed by atoms with Crippen molar-refractivity contribution in [3.8, 4) is 11.3 Å². The highest BCUT2D eigenvalue weighted by atomic mass is 19.1. The van der Waals surface area contributed by atoms with Gasteiger partial charge in [0.05, 0.1) is 5.56 Å². The maximum Gasteiger partial charge on any atom is 0.167 e. The summed E-state index contributed by atoms with van der Waals surface area (Å²) < 4.78 is 14.6. The molecule has 2 aromatic rings. The molecule has 0 atom stereocenters. The maximum absolute atomic E-state index is 12.9. The van der Waals surface area contributed by atoms with Crippen LogP contribution in [0, 0.1) is 5.82 Å². The molecule has 17 heavy (non-hydrogen) atoms. The molecule has 0 fully saturated rings. The molecule has 1 aliphatic carbocycles. The zero-order valence-corrected chi connectivity index (χ0v) is 9.40. The summed E-state index contributed by atoms with van der Waals surface area (Å²) in [5, 5.41) is 4.36. The number of halogens is 1. The lowest BCUT2D eigenvalue weighted by molar-refractivity contribution is 0.0995. The highest BCUT2D eigenvalue weighted by Gasteiger charge is 2.28. The zero-order chi connectivity index (χ0) is 12.0. The van der Waals surface area contributed by atoms with E-state index in [0.29, 0.717) is 17.7 Å². The van der Waals surface area contributed by atoms with Crippen molar-refractivity contribution in [2.24, 2.45) is 7.05 Å². The van der Waals surface area contributed by atoms with Crippen molar-refractivity contribution in [2.45, 2.75) is 12.8 Å². The second-order valence-corrected chi connectivity index (χ2v) is 4.22. The fourth-order valence-corrected chi connectivity index (χ4v) is 2.31. The molecule has 0 saturated carbocycles. The number of benzene rings is 1. The topological polar surface area (TPSA) is 34.9 Å². The maximum atomic E-state index is 12.9. The summed E-state index contributed by atoms with van der Waals surface area (Å²) >= 11 is 0. The second-order valence-electron chi connectivity index (χ2n) is 4.22. The lowest BCUT2D eigenvalue weighted by Gasteiger charge is -1.98. The Kier molecular flexibility index (Phi) is 2.11. The Morgan fingerprint density at radius 2 is 1.94 bits per heavy atom. The molecule has 0 amide bonds. The van der Waals surface area contributed by atoms with Gasteiger partial charge in [-0.05, 0) is 30.7 Å². The number of aromatic nitrogens is 2.